The summed E-state index contributed by atoms with van der Waals surface area (Å²) in [6, 6.07) is 7.79. The van der Waals surface area contributed by atoms with Gasteiger partial charge < -0.3 is 14.8 Å². The fourth-order valence-electron chi connectivity index (χ4n) is 3.76. The number of imidazole rings is 1. The van der Waals surface area contributed by atoms with Gasteiger partial charge in [0.1, 0.15) is 0 Å². The highest BCUT2D eigenvalue weighted by molar-refractivity contribution is 9.10. The Kier molecular flexibility index (Phi) is 5.87. The number of rotatable bonds is 5. The third-order valence-electron chi connectivity index (χ3n) is 5.42. The Labute approximate surface area is 178 Å². The van der Waals surface area contributed by atoms with E-state index >= 15 is 0 Å². The maximum absolute atomic E-state index is 11.9. The van der Waals surface area contributed by atoms with Gasteiger partial charge in [-0.05, 0) is 65.4 Å². The second kappa shape index (κ2) is 8.55. The Hall–Kier alpha value is -2.38. The van der Waals surface area contributed by atoms with E-state index in [1.54, 1.807) is 6.07 Å². The third-order valence-corrected chi connectivity index (χ3v) is 5.86. The Morgan fingerprint density at radius 1 is 1.34 bits per heavy atom. The number of aromatic nitrogens is 2. The maximum Gasteiger partial charge on any atom is 0.338 e. The molecular weight excluding hydrogens is 434 g/mol. The lowest BCUT2D eigenvalue weighted by Crippen LogP contribution is -2.22. The Balaban J connectivity index is 1.65. The standard InChI is InChI=1S/C22H24BrN3O3/c1-14-9-16(3-4-18(14)22(27)28-2)20-12-25-21-19(10-17(23)13-26(20)21)24-11-15-5-7-29-8-6-15/h3-4,9-10,12-13,15,24H,5-8,11H2,1-2H3. The number of nitrogens with zero attached hydrogens (tertiary/aromatic N) is 2. The van der Waals surface area contributed by atoms with Crippen LogP contribution in [0.5, 0.6) is 0 Å². The number of methoxy groups -OCH3 is 1. The Bertz CT molecular complexity index is 1040. The quantitative estimate of drug-likeness (QED) is 0.562. The van der Waals surface area contributed by atoms with Crippen LogP contribution in [-0.2, 0) is 9.47 Å². The number of carbonyl (C=O) groups is 1. The number of fused-ring (bicyclic) bond motifs is 1. The molecule has 1 aromatic carbocycles. The van der Waals surface area contributed by atoms with Crippen LogP contribution in [0.25, 0.3) is 16.9 Å². The molecule has 1 fully saturated rings. The van der Waals surface area contributed by atoms with Gasteiger partial charge in [-0.1, -0.05) is 6.07 Å². The van der Waals surface area contributed by atoms with Gasteiger partial charge in [-0.3, -0.25) is 4.40 Å². The fraction of sp³-hybridized carbons (Fsp3) is 0.364. The maximum atomic E-state index is 11.9. The normalized spacial score (nSPS) is 14.9. The van der Waals surface area contributed by atoms with E-state index in [1.165, 1.54) is 7.11 Å². The van der Waals surface area contributed by atoms with Gasteiger partial charge in [0.05, 0.1) is 30.3 Å². The molecule has 152 valence electrons. The van der Waals surface area contributed by atoms with Crippen LogP contribution in [0.3, 0.4) is 0 Å². The smallest absolute Gasteiger partial charge is 0.338 e. The lowest BCUT2D eigenvalue weighted by Gasteiger charge is -2.22. The van der Waals surface area contributed by atoms with Crippen LogP contribution < -0.4 is 5.32 Å². The highest BCUT2D eigenvalue weighted by Gasteiger charge is 2.17. The summed E-state index contributed by atoms with van der Waals surface area (Å²) in [4.78, 5) is 16.5. The minimum Gasteiger partial charge on any atom is -0.465 e. The summed E-state index contributed by atoms with van der Waals surface area (Å²) in [6.45, 7) is 4.50. The van der Waals surface area contributed by atoms with Gasteiger partial charge in [-0.2, -0.15) is 0 Å². The van der Waals surface area contributed by atoms with E-state index in [2.05, 4.69) is 36.7 Å². The molecule has 0 spiro atoms. The van der Waals surface area contributed by atoms with E-state index in [4.69, 9.17) is 9.47 Å². The van der Waals surface area contributed by atoms with Crippen LogP contribution in [0.2, 0.25) is 0 Å². The van der Waals surface area contributed by atoms with Gasteiger partial charge in [0.25, 0.3) is 0 Å². The van der Waals surface area contributed by atoms with Crippen molar-refractivity contribution >= 4 is 33.2 Å². The van der Waals surface area contributed by atoms with E-state index in [1.807, 2.05) is 31.5 Å². The van der Waals surface area contributed by atoms with E-state index in [0.29, 0.717) is 11.5 Å². The summed E-state index contributed by atoms with van der Waals surface area (Å²) in [6.07, 6.45) is 6.06. The number of pyridine rings is 1. The zero-order valence-electron chi connectivity index (χ0n) is 16.6. The molecule has 0 unspecified atom stereocenters. The first kappa shape index (κ1) is 19.9. The van der Waals surface area contributed by atoms with Crippen LogP contribution in [0.15, 0.2) is 41.1 Å². The van der Waals surface area contributed by atoms with Crippen molar-refractivity contribution in [3.63, 3.8) is 0 Å². The number of halogens is 1. The minimum atomic E-state index is -0.325. The third kappa shape index (κ3) is 4.16. The number of hydrogen-bond acceptors (Lipinski definition) is 5. The average molecular weight is 458 g/mol. The molecule has 7 heteroatoms. The van der Waals surface area contributed by atoms with Crippen LogP contribution >= 0.6 is 15.9 Å². The summed E-state index contributed by atoms with van der Waals surface area (Å²) in [5.41, 5.74) is 5.29. The van der Waals surface area contributed by atoms with E-state index in [0.717, 1.165) is 65.2 Å². The number of aryl methyl sites for hydroxylation is 1. The summed E-state index contributed by atoms with van der Waals surface area (Å²) in [5.74, 6) is 0.292. The number of carbonyl (C=O) groups excluding carboxylic acids is 1. The van der Waals surface area contributed by atoms with Crippen LogP contribution in [0.4, 0.5) is 5.69 Å². The molecular formula is C22H24BrN3O3. The molecule has 1 aliphatic heterocycles. The number of hydrogen-bond donors (Lipinski definition) is 1. The summed E-state index contributed by atoms with van der Waals surface area (Å²) >= 11 is 3.63. The van der Waals surface area contributed by atoms with Gasteiger partial charge >= 0.3 is 5.97 Å². The fourth-order valence-corrected chi connectivity index (χ4v) is 4.20. The first-order valence-corrected chi connectivity index (χ1v) is 10.5. The summed E-state index contributed by atoms with van der Waals surface area (Å²) in [5, 5.41) is 3.58. The van der Waals surface area contributed by atoms with Crippen molar-refractivity contribution in [2.75, 3.05) is 32.2 Å². The minimum absolute atomic E-state index is 0.325. The monoisotopic (exact) mass is 457 g/mol. The van der Waals surface area contributed by atoms with Crippen molar-refractivity contribution in [3.8, 4) is 11.3 Å². The first-order chi connectivity index (χ1) is 14.1. The average Bonchev–Trinajstić information content (AvgIpc) is 3.16. The van der Waals surface area contributed by atoms with Crippen molar-refractivity contribution in [1.29, 1.82) is 0 Å². The molecule has 1 N–H and O–H groups in total. The molecule has 0 bridgehead atoms. The molecule has 3 heterocycles. The highest BCUT2D eigenvalue weighted by Crippen LogP contribution is 2.29. The second-order valence-corrected chi connectivity index (χ2v) is 8.28. The molecule has 1 aliphatic rings. The number of benzene rings is 1. The van der Waals surface area contributed by atoms with E-state index in [9.17, 15) is 4.79 Å². The largest absolute Gasteiger partial charge is 0.465 e. The van der Waals surface area contributed by atoms with Gasteiger partial charge in [0.2, 0.25) is 0 Å². The molecule has 0 aliphatic carbocycles. The molecule has 0 radical (unpaired) electrons. The highest BCUT2D eigenvalue weighted by atomic mass is 79.9. The van der Waals surface area contributed by atoms with Crippen LogP contribution in [-0.4, -0.2) is 42.2 Å². The summed E-state index contributed by atoms with van der Waals surface area (Å²) < 4.78 is 13.3. The molecule has 0 saturated carbocycles. The van der Waals surface area contributed by atoms with Crippen molar-refractivity contribution in [1.82, 2.24) is 9.38 Å². The predicted octanol–water partition coefficient (Wildman–Crippen LogP) is 4.70. The van der Waals surface area contributed by atoms with Crippen molar-refractivity contribution in [2.24, 2.45) is 5.92 Å². The van der Waals surface area contributed by atoms with Crippen molar-refractivity contribution in [2.45, 2.75) is 19.8 Å². The van der Waals surface area contributed by atoms with Gasteiger partial charge in [-0.15, -0.1) is 0 Å². The van der Waals surface area contributed by atoms with Crippen LogP contribution in [0, 0.1) is 12.8 Å². The Morgan fingerprint density at radius 2 is 2.14 bits per heavy atom. The van der Waals surface area contributed by atoms with Gasteiger partial charge in [0.15, 0.2) is 5.65 Å². The number of esters is 1. The van der Waals surface area contributed by atoms with Gasteiger partial charge in [-0.25, -0.2) is 9.78 Å². The van der Waals surface area contributed by atoms with Gasteiger partial charge in [0, 0.05) is 36.0 Å². The first-order valence-electron chi connectivity index (χ1n) is 9.74. The lowest BCUT2D eigenvalue weighted by molar-refractivity contribution is 0.0600. The topological polar surface area (TPSA) is 64.9 Å². The van der Waals surface area contributed by atoms with E-state index < -0.39 is 0 Å². The molecule has 2 aromatic heterocycles. The molecule has 6 nitrogen and oxygen atoms in total. The number of nitrogens with one attached hydrogen (secondary N) is 1. The van der Waals surface area contributed by atoms with Crippen molar-refractivity contribution < 1.29 is 14.3 Å². The molecule has 4 rings (SSSR count). The zero-order chi connectivity index (χ0) is 20.4. The number of anilines is 1. The second-order valence-electron chi connectivity index (χ2n) is 7.37. The summed E-state index contributed by atoms with van der Waals surface area (Å²) in [7, 11) is 1.40. The molecule has 3 aromatic rings. The molecule has 29 heavy (non-hydrogen) atoms. The molecule has 0 atom stereocenters. The molecule has 0 amide bonds. The molecule has 1 saturated heterocycles. The Morgan fingerprint density at radius 3 is 2.86 bits per heavy atom. The van der Waals surface area contributed by atoms with Crippen molar-refractivity contribution in [3.05, 3.63) is 52.3 Å². The zero-order valence-corrected chi connectivity index (χ0v) is 18.2. The SMILES string of the molecule is COC(=O)c1ccc(-c2cnc3c(NCC4CCOCC4)cc(Br)cn23)cc1C. The lowest BCUT2D eigenvalue weighted by atomic mass is 10.0. The van der Waals surface area contributed by atoms with E-state index in [-0.39, 0.29) is 5.97 Å². The number of ether oxygens (including phenoxy) is 2. The predicted molar refractivity (Wildman–Crippen MR) is 116 cm³/mol. The van der Waals surface area contributed by atoms with Crippen LogP contribution in [0.1, 0.15) is 28.8 Å².